The monoisotopic (exact) mass is 339 g/mol. The molecule has 112 valence electrons. The van der Waals surface area contributed by atoms with Gasteiger partial charge in [-0.1, -0.05) is 23.2 Å². The van der Waals surface area contributed by atoms with E-state index in [-0.39, 0.29) is 21.5 Å². The summed E-state index contributed by atoms with van der Waals surface area (Å²) in [6.45, 7) is 1.99. The van der Waals surface area contributed by atoms with Gasteiger partial charge in [-0.15, -0.1) is 0 Å². The third-order valence-electron chi connectivity index (χ3n) is 3.37. The van der Waals surface area contributed by atoms with Crippen molar-refractivity contribution < 1.29 is 18.3 Å². The van der Waals surface area contributed by atoms with Gasteiger partial charge in [-0.2, -0.15) is 0 Å². The van der Waals surface area contributed by atoms with Gasteiger partial charge in [-0.3, -0.25) is 0 Å². The summed E-state index contributed by atoms with van der Waals surface area (Å²) < 4.78 is 31.9. The van der Waals surface area contributed by atoms with Gasteiger partial charge in [0.2, 0.25) is 10.0 Å². The summed E-state index contributed by atoms with van der Waals surface area (Å²) in [6.07, 6.45) is -0.0411. The van der Waals surface area contributed by atoms with Crippen molar-refractivity contribution in [3.8, 4) is 0 Å². The molecule has 0 aromatic heterocycles. The summed E-state index contributed by atoms with van der Waals surface area (Å²) in [6, 6.07) is 4.05. The first-order valence-electron chi connectivity index (χ1n) is 6.03. The molecular formula is C12H15Cl2NO4S. The van der Waals surface area contributed by atoms with Gasteiger partial charge >= 0.3 is 0 Å². The van der Waals surface area contributed by atoms with Gasteiger partial charge in [0.25, 0.3) is 0 Å². The normalized spacial score (nSPS) is 26.9. The predicted molar refractivity (Wildman–Crippen MR) is 76.6 cm³/mol. The summed E-state index contributed by atoms with van der Waals surface area (Å²) in [5, 5.41) is 10.7. The number of rotatable bonds is 4. The van der Waals surface area contributed by atoms with E-state index >= 15 is 0 Å². The van der Waals surface area contributed by atoms with Crippen LogP contribution in [0.4, 0.5) is 0 Å². The molecular weight excluding hydrogens is 325 g/mol. The zero-order chi connectivity index (χ0) is 15.0. The van der Waals surface area contributed by atoms with E-state index in [1.807, 2.05) is 0 Å². The van der Waals surface area contributed by atoms with Crippen LogP contribution in [0.2, 0.25) is 10.0 Å². The molecule has 1 aliphatic rings. The largest absolute Gasteiger partial charge is 0.386 e. The third-order valence-corrected chi connectivity index (χ3v) is 5.19. The van der Waals surface area contributed by atoms with Crippen molar-refractivity contribution in [1.29, 1.82) is 0 Å². The smallest absolute Gasteiger partial charge is 0.240 e. The lowest BCUT2D eigenvalue weighted by Gasteiger charge is -2.26. The standard InChI is InChI=1S/C12H15Cl2NO4S/c1-8-12(16,2-3-19-8)7-15-20(17,18)11-5-9(13)4-10(14)6-11/h4-6,8,15-16H,2-3,7H2,1H3. The van der Waals surface area contributed by atoms with Crippen LogP contribution in [0.25, 0.3) is 0 Å². The average molecular weight is 340 g/mol. The second-order valence-corrected chi connectivity index (χ2v) is 7.44. The lowest BCUT2D eigenvalue weighted by Crippen LogP contribution is -2.47. The molecule has 2 rings (SSSR count). The number of benzene rings is 1. The maximum absolute atomic E-state index is 12.2. The first kappa shape index (κ1) is 16.0. The molecule has 1 aromatic rings. The fourth-order valence-electron chi connectivity index (χ4n) is 1.99. The number of hydrogen-bond acceptors (Lipinski definition) is 4. The van der Waals surface area contributed by atoms with Gasteiger partial charge in [0.1, 0.15) is 5.60 Å². The topological polar surface area (TPSA) is 75.6 Å². The molecule has 1 aromatic carbocycles. The fraction of sp³-hybridized carbons (Fsp3) is 0.500. The SMILES string of the molecule is CC1OCCC1(O)CNS(=O)(=O)c1cc(Cl)cc(Cl)c1. The van der Waals surface area contributed by atoms with E-state index in [1.54, 1.807) is 6.92 Å². The molecule has 2 unspecified atom stereocenters. The highest BCUT2D eigenvalue weighted by Gasteiger charge is 2.40. The molecule has 20 heavy (non-hydrogen) atoms. The second-order valence-electron chi connectivity index (χ2n) is 4.80. The van der Waals surface area contributed by atoms with Gasteiger partial charge in [-0.25, -0.2) is 13.1 Å². The van der Waals surface area contributed by atoms with Crippen molar-refractivity contribution in [2.24, 2.45) is 0 Å². The molecule has 2 N–H and O–H groups in total. The number of ether oxygens (including phenoxy) is 1. The lowest BCUT2D eigenvalue weighted by atomic mass is 9.97. The maximum Gasteiger partial charge on any atom is 0.240 e. The number of halogens is 2. The molecule has 8 heteroatoms. The zero-order valence-corrected chi connectivity index (χ0v) is 13.1. The maximum atomic E-state index is 12.2. The Morgan fingerprint density at radius 3 is 2.50 bits per heavy atom. The van der Waals surface area contributed by atoms with Crippen molar-refractivity contribution >= 4 is 33.2 Å². The third kappa shape index (κ3) is 3.44. The summed E-state index contributed by atoms with van der Waals surface area (Å²) in [4.78, 5) is -0.0369. The molecule has 1 aliphatic heterocycles. The quantitative estimate of drug-likeness (QED) is 0.877. The minimum atomic E-state index is -3.79. The molecule has 5 nitrogen and oxygen atoms in total. The molecule has 0 saturated carbocycles. The molecule has 1 fully saturated rings. The Hall–Kier alpha value is -0.370. The van der Waals surface area contributed by atoms with Crippen molar-refractivity contribution in [2.75, 3.05) is 13.2 Å². The van der Waals surface area contributed by atoms with Crippen molar-refractivity contribution in [2.45, 2.75) is 29.9 Å². The highest BCUT2D eigenvalue weighted by Crippen LogP contribution is 2.26. The van der Waals surface area contributed by atoms with E-state index in [4.69, 9.17) is 27.9 Å². The second kappa shape index (κ2) is 5.79. The van der Waals surface area contributed by atoms with Crippen LogP contribution in [0.5, 0.6) is 0 Å². The van der Waals surface area contributed by atoms with Crippen LogP contribution in [-0.2, 0) is 14.8 Å². The number of aliphatic hydroxyl groups is 1. The van der Waals surface area contributed by atoms with Crippen LogP contribution in [0, 0.1) is 0 Å². The van der Waals surface area contributed by atoms with Gasteiger partial charge in [-0.05, 0) is 25.1 Å². The zero-order valence-electron chi connectivity index (χ0n) is 10.8. The van der Waals surface area contributed by atoms with E-state index in [9.17, 15) is 13.5 Å². The number of nitrogens with one attached hydrogen (secondary N) is 1. The van der Waals surface area contributed by atoms with Crippen molar-refractivity contribution in [3.63, 3.8) is 0 Å². The summed E-state index contributed by atoms with van der Waals surface area (Å²) >= 11 is 11.6. The van der Waals surface area contributed by atoms with Crippen LogP contribution in [-0.4, -0.2) is 38.4 Å². The summed E-state index contributed by atoms with van der Waals surface area (Å²) in [5.41, 5.74) is -1.20. The Kier molecular flexibility index (Phi) is 4.63. The van der Waals surface area contributed by atoms with Crippen LogP contribution in [0.1, 0.15) is 13.3 Å². The van der Waals surface area contributed by atoms with Gasteiger partial charge in [0.15, 0.2) is 0 Å². The van der Waals surface area contributed by atoms with E-state index in [2.05, 4.69) is 4.72 Å². The number of sulfonamides is 1. The lowest BCUT2D eigenvalue weighted by molar-refractivity contribution is -0.0228. The Bertz CT molecular complexity index is 587. The van der Waals surface area contributed by atoms with Crippen LogP contribution in [0.15, 0.2) is 23.1 Å². The van der Waals surface area contributed by atoms with Gasteiger partial charge < -0.3 is 9.84 Å². The molecule has 0 bridgehead atoms. The molecule has 0 amide bonds. The molecule has 0 spiro atoms. The molecule has 0 radical (unpaired) electrons. The van der Waals surface area contributed by atoms with Crippen molar-refractivity contribution in [3.05, 3.63) is 28.2 Å². The molecule has 0 aliphatic carbocycles. The Morgan fingerprint density at radius 1 is 1.40 bits per heavy atom. The Labute approximate surface area is 127 Å². The summed E-state index contributed by atoms with van der Waals surface area (Å²) in [7, 11) is -3.79. The van der Waals surface area contributed by atoms with E-state index in [1.165, 1.54) is 18.2 Å². The van der Waals surface area contributed by atoms with Gasteiger partial charge in [0, 0.05) is 29.6 Å². The average Bonchev–Trinajstić information content (AvgIpc) is 2.67. The first-order chi connectivity index (χ1) is 9.23. The van der Waals surface area contributed by atoms with Gasteiger partial charge in [0.05, 0.1) is 11.0 Å². The molecule has 1 saturated heterocycles. The highest BCUT2D eigenvalue weighted by molar-refractivity contribution is 7.89. The van der Waals surface area contributed by atoms with Crippen LogP contribution >= 0.6 is 23.2 Å². The molecule has 1 heterocycles. The van der Waals surface area contributed by atoms with Crippen LogP contribution in [0.3, 0.4) is 0 Å². The summed E-state index contributed by atoms with van der Waals surface area (Å²) in [5.74, 6) is 0. The van der Waals surface area contributed by atoms with E-state index in [0.29, 0.717) is 13.0 Å². The minimum Gasteiger partial charge on any atom is -0.386 e. The van der Waals surface area contributed by atoms with Crippen molar-refractivity contribution in [1.82, 2.24) is 4.72 Å². The minimum absolute atomic E-state index is 0.0369. The molecule has 2 atom stereocenters. The predicted octanol–water partition coefficient (Wildman–Crippen LogP) is 1.81. The Balaban J connectivity index is 2.15. The first-order valence-corrected chi connectivity index (χ1v) is 8.27. The fourth-order valence-corrected chi connectivity index (χ4v) is 3.82. The van der Waals surface area contributed by atoms with E-state index in [0.717, 1.165) is 0 Å². The number of hydrogen-bond donors (Lipinski definition) is 2. The van der Waals surface area contributed by atoms with Crippen LogP contribution < -0.4 is 4.72 Å². The Morgan fingerprint density at radius 2 is 2.00 bits per heavy atom. The highest BCUT2D eigenvalue weighted by atomic mass is 35.5. The van der Waals surface area contributed by atoms with E-state index < -0.39 is 21.7 Å².